The summed E-state index contributed by atoms with van der Waals surface area (Å²) in [4.78, 5) is 2.40. The number of nitrogens with zero attached hydrogens (tertiary/aromatic N) is 2. The fourth-order valence-corrected chi connectivity index (χ4v) is 2.21. The van der Waals surface area contributed by atoms with E-state index in [1.165, 1.54) is 5.56 Å². The molecule has 0 amide bonds. The average Bonchev–Trinajstić information content (AvgIpc) is 2.38. The summed E-state index contributed by atoms with van der Waals surface area (Å²) in [6.45, 7) is 4.10. The van der Waals surface area contributed by atoms with Gasteiger partial charge in [0.1, 0.15) is 0 Å². The summed E-state index contributed by atoms with van der Waals surface area (Å²) in [5.74, 6) is 0. The van der Waals surface area contributed by atoms with Gasteiger partial charge in [0.25, 0.3) is 0 Å². The molecule has 0 saturated carbocycles. The average molecular weight is 215 g/mol. The van der Waals surface area contributed by atoms with E-state index in [1.807, 2.05) is 18.2 Å². The van der Waals surface area contributed by atoms with E-state index < -0.39 is 0 Å². The third-order valence-electron chi connectivity index (χ3n) is 3.06. The largest absolute Gasteiger partial charge is 0.314 e. The molecular weight excluding hydrogens is 198 g/mol. The maximum absolute atomic E-state index is 8.94. The monoisotopic (exact) mass is 215 g/mol. The summed E-state index contributed by atoms with van der Waals surface area (Å²) in [5.41, 5.74) is 1.26. The van der Waals surface area contributed by atoms with E-state index in [4.69, 9.17) is 5.26 Å². The number of rotatable bonds is 3. The highest BCUT2D eigenvalue weighted by molar-refractivity contribution is 5.20. The Morgan fingerprint density at radius 2 is 1.94 bits per heavy atom. The van der Waals surface area contributed by atoms with Crippen molar-refractivity contribution in [3.63, 3.8) is 0 Å². The van der Waals surface area contributed by atoms with Crippen molar-refractivity contribution in [1.29, 1.82) is 5.26 Å². The van der Waals surface area contributed by atoms with Gasteiger partial charge in [-0.1, -0.05) is 30.3 Å². The zero-order chi connectivity index (χ0) is 11.2. The van der Waals surface area contributed by atoms with E-state index in [0.29, 0.717) is 6.42 Å². The molecule has 0 spiro atoms. The molecule has 1 aromatic rings. The molecule has 0 radical (unpaired) electrons. The van der Waals surface area contributed by atoms with Gasteiger partial charge in [-0.15, -0.1) is 0 Å². The Bertz CT molecular complexity index is 349. The van der Waals surface area contributed by atoms with Crippen LogP contribution >= 0.6 is 0 Å². The molecule has 0 aliphatic carbocycles. The highest BCUT2D eigenvalue weighted by Gasteiger charge is 2.21. The van der Waals surface area contributed by atoms with Gasteiger partial charge in [0.2, 0.25) is 0 Å². The number of hydrogen-bond acceptors (Lipinski definition) is 3. The molecule has 1 fully saturated rings. The molecule has 1 aliphatic heterocycles. The second-order valence-electron chi connectivity index (χ2n) is 4.07. The molecular formula is C13H17N3. The topological polar surface area (TPSA) is 39.1 Å². The van der Waals surface area contributed by atoms with Crippen molar-refractivity contribution in [1.82, 2.24) is 10.2 Å². The van der Waals surface area contributed by atoms with Crippen molar-refractivity contribution in [2.75, 3.05) is 26.2 Å². The van der Waals surface area contributed by atoms with Crippen LogP contribution in [0.2, 0.25) is 0 Å². The van der Waals surface area contributed by atoms with E-state index in [0.717, 1.165) is 26.2 Å². The molecule has 3 nitrogen and oxygen atoms in total. The molecule has 16 heavy (non-hydrogen) atoms. The lowest BCUT2D eigenvalue weighted by molar-refractivity contribution is 0.175. The molecule has 1 aliphatic rings. The summed E-state index contributed by atoms with van der Waals surface area (Å²) in [7, 11) is 0. The molecule has 1 aromatic carbocycles. The summed E-state index contributed by atoms with van der Waals surface area (Å²) in [6.07, 6.45) is 0.573. The van der Waals surface area contributed by atoms with Gasteiger partial charge in [0, 0.05) is 32.2 Å². The van der Waals surface area contributed by atoms with Crippen LogP contribution in [-0.2, 0) is 0 Å². The van der Waals surface area contributed by atoms with Gasteiger partial charge in [0.15, 0.2) is 0 Å². The summed E-state index contributed by atoms with van der Waals surface area (Å²) < 4.78 is 0. The third-order valence-corrected chi connectivity index (χ3v) is 3.06. The first-order chi connectivity index (χ1) is 7.92. The zero-order valence-corrected chi connectivity index (χ0v) is 9.39. The van der Waals surface area contributed by atoms with Crippen molar-refractivity contribution < 1.29 is 0 Å². The minimum Gasteiger partial charge on any atom is -0.314 e. The second kappa shape index (κ2) is 5.64. The summed E-state index contributed by atoms with van der Waals surface area (Å²) in [5, 5.41) is 12.3. The van der Waals surface area contributed by atoms with Gasteiger partial charge in [0.05, 0.1) is 12.5 Å². The van der Waals surface area contributed by atoms with Gasteiger partial charge < -0.3 is 5.32 Å². The van der Waals surface area contributed by atoms with Crippen LogP contribution < -0.4 is 5.32 Å². The second-order valence-corrected chi connectivity index (χ2v) is 4.07. The standard InChI is InChI=1S/C13H17N3/c14-7-6-13(12-4-2-1-3-5-12)16-10-8-15-9-11-16/h1-5,13,15H,6,8-11H2/t13-/m1/s1. The first-order valence-corrected chi connectivity index (χ1v) is 5.78. The molecule has 1 heterocycles. The Kier molecular flexibility index (Phi) is 3.92. The molecule has 0 bridgehead atoms. The Morgan fingerprint density at radius 3 is 2.56 bits per heavy atom. The summed E-state index contributed by atoms with van der Waals surface area (Å²) >= 11 is 0. The first-order valence-electron chi connectivity index (χ1n) is 5.78. The zero-order valence-electron chi connectivity index (χ0n) is 9.39. The maximum atomic E-state index is 8.94. The van der Waals surface area contributed by atoms with Crippen molar-refractivity contribution in [2.24, 2.45) is 0 Å². The van der Waals surface area contributed by atoms with Crippen molar-refractivity contribution in [2.45, 2.75) is 12.5 Å². The van der Waals surface area contributed by atoms with Crippen LogP contribution in [-0.4, -0.2) is 31.1 Å². The fourth-order valence-electron chi connectivity index (χ4n) is 2.21. The Morgan fingerprint density at radius 1 is 1.25 bits per heavy atom. The number of nitriles is 1. The van der Waals surface area contributed by atoms with Gasteiger partial charge in [-0.05, 0) is 5.56 Å². The molecule has 2 rings (SSSR count). The molecule has 1 saturated heterocycles. The van der Waals surface area contributed by atoms with Crippen LogP contribution in [0.5, 0.6) is 0 Å². The van der Waals surface area contributed by atoms with E-state index in [-0.39, 0.29) is 6.04 Å². The Hall–Kier alpha value is -1.37. The Labute approximate surface area is 96.7 Å². The molecule has 1 N–H and O–H groups in total. The van der Waals surface area contributed by atoms with Crippen molar-refractivity contribution >= 4 is 0 Å². The van der Waals surface area contributed by atoms with E-state index in [1.54, 1.807) is 0 Å². The lowest BCUT2D eigenvalue weighted by Crippen LogP contribution is -2.45. The predicted molar refractivity (Wildman–Crippen MR) is 63.9 cm³/mol. The van der Waals surface area contributed by atoms with Crippen molar-refractivity contribution in [3.8, 4) is 6.07 Å². The number of piperazine rings is 1. The minimum atomic E-state index is 0.258. The Balaban J connectivity index is 2.13. The van der Waals surface area contributed by atoms with E-state index >= 15 is 0 Å². The third kappa shape index (κ3) is 2.60. The van der Waals surface area contributed by atoms with Crippen LogP contribution in [0.15, 0.2) is 30.3 Å². The normalized spacial score (nSPS) is 18.9. The molecule has 1 atom stereocenters. The highest BCUT2D eigenvalue weighted by atomic mass is 15.2. The number of hydrogen-bond donors (Lipinski definition) is 1. The summed E-state index contributed by atoms with van der Waals surface area (Å²) in [6, 6.07) is 12.9. The van der Waals surface area contributed by atoms with Gasteiger partial charge >= 0.3 is 0 Å². The molecule has 0 aromatic heterocycles. The van der Waals surface area contributed by atoms with Crippen LogP contribution in [0.25, 0.3) is 0 Å². The lowest BCUT2D eigenvalue weighted by atomic mass is 10.0. The van der Waals surface area contributed by atoms with Gasteiger partial charge in [-0.3, -0.25) is 4.90 Å². The van der Waals surface area contributed by atoms with Gasteiger partial charge in [-0.25, -0.2) is 0 Å². The number of benzene rings is 1. The van der Waals surface area contributed by atoms with E-state index in [2.05, 4.69) is 28.4 Å². The lowest BCUT2D eigenvalue weighted by Gasteiger charge is -2.34. The highest BCUT2D eigenvalue weighted by Crippen LogP contribution is 2.23. The van der Waals surface area contributed by atoms with Crippen molar-refractivity contribution in [3.05, 3.63) is 35.9 Å². The predicted octanol–water partition coefficient (Wildman–Crippen LogP) is 1.55. The van der Waals surface area contributed by atoms with Crippen LogP contribution in [0.4, 0.5) is 0 Å². The molecule has 0 unspecified atom stereocenters. The van der Waals surface area contributed by atoms with Crippen LogP contribution in [0.3, 0.4) is 0 Å². The first kappa shape index (κ1) is 11.1. The van der Waals surface area contributed by atoms with Crippen LogP contribution in [0, 0.1) is 11.3 Å². The maximum Gasteiger partial charge on any atom is 0.0641 e. The number of nitrogens with one attached hydrogen (secondary N) is 1. The van der Waals surface area contributed by atoms with Crippen LogP contribution in [0.1, 0.15) is 18.0 Å². The quantitative estimate of drug-likeness (QED) is 0.831. The van der Waals surface area contributed by atoms with Gasteiger partial charge in [-0.2, -0.15) is 5.26 Å². The fraction of sp³-hybridized carbons (Fsp3) is 0.462. The van der Waals surface area contributed by atoms with E-state index in [9.17, 15) is 0 Å². The SMILES string of the molecule is N#CC[C@H](c1ccccc1)N1CCNCC1. The molecule has 84 valence electrons. The minimum absolute atomic E-state index is 0.258. The molecule has 3 heteroatoms. The smallest absolute Gasteiger partial charge is 0.0641 e.